The average molecular weight is 462 g/mol. The Morgan fingerprint density at radius 1 is 1.03 bits per heavy atom. The van der Waals surface area contributed by atoms with Gasteiger partial charge in [-0.2, -0.15) is 0 Å². The molecule has 0 bridgehead atoms. The second kappa shape index (κ2) is 7.58. The highest BCUT2D eigenvalue weighted by molar-refractivity contribution is 6.32. The number of hydrogen-bond donors (Lipinski definition) is 2. The van der Waals surface area contributed by atoms with Crippen LogP contribution in [0.1, 0.15) is 35.0 Å². The largest absolute Gasteiger partial charge is 0.464 e. The minimum absolute atomic E-state index is 0.138. The van der Waals surface area contributed by atoms with Gasteiger partial charge in [-0.05, 0) is 37.1 Å². The van der Waals surface area contributed by atoms with E-state index in [0.29, 0.717) is 60.4 Å². The molecule has 31 heavy (non-hydrogen) atoms. The number of benzene rings is 2. The zero-order valence-electron chi connectivity index (χ0n) is 16.6. The molecule has 0 aromatic heterocycles. The van der Waals surface area contributed by atoms with Crippen molar-refractivity contribution in [1.29, 1.82) is 0 Å². The van der Waals surface area contributed by atoms with Gasteiger partial charge in [0.15, 0.2) is 6.23 Å². The zero-order chi connectivity index (χ0) is 21.8. The molecule has 0 spiro atoms. The maximum absolute atomic E-state index is 12.9. The van der Waals surface area contributed by atoms with Crippen molar-refractivity contribution in [3.63, 3.8) is 0 Å². The number of ether oxygens (including phenoxy) is 1. The van der Waals surface area contributed by atoms with Crippen LogP contribution < -0.4 is 10.1 Å². The predicted molar refractivity (Wildman–Crippen MR) is 117 cm³/mol. The Morgan fingerprint density at radius 2 is 1.74 bits per heavy atom. The van der Waals surface area contributed by atoms with E-state index in [1.165, 1.54) is 0 Å². The summed E-state index contributed by atoms with van der Waals surface area (Å²) in [6.45, 7) is 1.67. The smallest absolute Gasteiger partial charge is 0.254 e. The third kappa shape index (κ3) is 3.82. The number of anilines is 1. The van der Waals surface area contributed by atoms with E-state index in [0.717, 1.165) is 11.3 Å². The summed E-state index contributed by atoms with van der Waals surface area (Å²) in [6.07, 6.45) is 0.578. The van der Waals surface area contributed by atoms with Gasteiger partial charge < -0.3 is 25.0 Å². The van der Waals surface area contributed by atoms with Crippen molar-refractivity contribution in [2.24, 2.45) is 0 Å². The molecule has 5 rings (SSSR count). The molecule has 9 heteroatoms. The predicted octanol–water partition coefficient (Wildman–Crippen LogP) is 3.31. The van der Waals surface area contributed by atoms with Crippen molar-refractivity contribution in [2.75, 3.05) is 31.5 Å². The maximum atomic E-state index is 12.9. The molecule has 1 aliphatic carbocycles. The van der Waals surface area contributed by atoms with Gasteiger partial charge in [-0.25, -0.2) is 0 Å². The van der Waals surface area contributed by atoms with Crippen LogP contribution in [0.15, 0.2) is 36.4 Å². The summed E-state index contributed by atoms with van der Waals surface area (Å²) < 4.78 is 5.90. The van der Waals surface area contributed by atoms with E-state index >= 15 is 0 Å². The highest BCUT2D eigenvalue weighted by Crippen LogP contribution is 2.41. The minimum Gasteiger partial charge on any atom is -0.464 e. The Balaban J connectivity index is 1.24. The third-order valence-corrected chi connectivity index (χ3v) is 6.54. The lowest BCUT2D eigenvalue weighted by molar-refractivity contribution is -0.143. The second-order valence-electron chi connectivity index (χ2n) is 8.13. The van der Waals surface area contributed by atoms with Crippen LogP contribution in [0.5, 0.6) is 5.75 Å². The number of carbonyl (C=O) groups is 2. The van der Waals surface area contributed by atoms with Crippen LogP contribution in [-0.4, -0.2) is 58.5 Å². The van der Waals surface area contributed by atoms with Gasteiger partial charge in [0.2, 0.25) is 0 Å². The molecule has 1 saturated heterocycles. The minimum atomic E-state index is -1.17. The van der Waals surface area contributed by atoms with Crippen molar-refractivity contribution >= 4 is 40.7 Å². The fourth-order valence-electron chi connectivity index (χ4n) is 3.95. The molecule has 1 atom stereocenters. The van der Waals surface area contributed by atoms with Gasteiger partial charge in [0.05, 0.1) is 10.7 Å². The van der Waals surface area contributed by atoms with E-state index in [-0.39, 0.29) is 11.8 Å². The lowest BCUT2D eigenvalue weighted by atomic mass is 10.1. The van der Waals surface area contributed by atoms with Gasteiger partial charge in [0.25, 0.3) is 11.8 Å². The van der Waals surface area contributed by atoms with Crippen LogP contribution in [0.2, 0.25) is 10.0 Å². The monoisotopic (exact) mass is 461 g/mol. The zero-order valence-corrected chi connectivity index (χ0v) is 18.1. The number of piperazine rings is 1. The molecule has 2 N–H and O–H groups in total. The lowest BCUT2D eigenvalue weighted by Crippen LogP contribution is -2.53. The number of halogens is 2. The van der Waals surface area contributed by atoms with Crippen molar-refractivity contribution < 1.29 is 19.4 Å². The van der Waals surface area contributed by atoms with Crippen LogP contribution in [0.25, 0.3) is 0 Å². The van der Waals surface area contributed by atoms with Crippen LogP contribution >= 0.6 is 23.2 Å². The standard InChI is InChI=1S/C22H21Cl2N3O4/c23-14-2-4-17-18(12-14)31-19(25-17)15-3-1-13(11-16(15)24)20(28)26-7-9-27(10-8-26)21(29)22(30)5-6-22/h1-4,11-12,19,25,30H,5-10H2. The van der Waals surface area contributed by atoms with Crippen molar-refractivity contribution in [2.45, 2.75) is 24.7 Å². The first-order valence-electron chi connectivity index (χ1n) is 10.2. The Morgan fingerprint density at radius 3 is 2.42 bits per heavy atom. The maximum Gasteiger partial charge on any atom is 0.254 e. The first-order valence-corrected chi connectivity index (χ1v) is 10.9. The number of carbonyl (C=O) groups excluding carboxylic acids is 2. The topological polar surface area (TPSA) is 82.1 Å². The number of aliphatic hydroxyl groups is 1. The third-order valence-electron chi connectivity index (χ3n) is 5.98. The van der Waals surface area contributed by atoms with E-state index in [1.54, 1.807) is 40.1 Å². The number of nitrogens with zero attached hydrogens (tertiary/aromatic N) is 2. The van der Waals surface area contributed by atoms with E-state index < -0.39 is 11.8 Å². The Bertz CT molecular complexity index is 1060. The van der Waals surface area contributed by atoms with E-state index in [1.807, 2.05) is 6.07 Å². The lowest BCUT2D eigenvalue weighted by Gasteiger charge is -2.35. The number of hydrogen-bond acceptors (Lipinski definition) is 5. The van der Waals surface area contributed by atoms with Gasteiger partial charge in [-0.3, -0.25) is 9.59 Å². The SMILES string of the molecule is O=C(c1ccc(C2Nc3ccc(Cl)cc3O2)c(Cl)c1)N1CCN(C(=O)C2(O)CC2)CC1. The fourth-order valence-corrected chi connectivity index (χ4v) is 4.39. The molecule has 2 heterocycles. The summed E-state index contributed by atoms with van der Waals surface area (Å²) in [5, 5.41) is 14.3. The summed E-state index contributed by atoms with van der Waals surface area (Å²) in [5.41, 5.74) is 0.858. The molecule has 2 amide bonds. The fraction of sp³-hybridized carbons (Fsp3) is 0.364. The highest BCUT2D eigenvalue weighted by atomic mass is 35.5. The first kappa shape index (κ1) is 20.4. The molecule has 0 radical (unpaired) electrons. The molecule has 2 fully saturated rings. The normalized spacial score (nSPS) is 21.2. The first-order chi connectivity index (χ1) is 14.8. The summed E-state index contributed by atoms with van der Waals surface area (Å²) in [6, 6.07) is 10.5. The van der Waals surface area contributed by atoms with Crippen LogP contribution in [0.3, 0.4) is 0 Å². The quantitative estimate of drug-likeness (QED) is 0.732. The van der Waals surface area contributed by atoms with E-state index in [2.05, 4.69) is 5.32 Å². The molecule has 2 aromatic carbocycles. The molecule has 1 unspecified atom stereocenters. The van der Waals surface area contributed by atoms with E-state index in [4.69, 9.17) is 27.9 Å². The molecule has 3 aliphatic rings. The summed E-state index contributed by atoms with van der Waals surface area (Å²) in [4.78, 5) is 28.5. The molecule has 1 saturated carbocycles. The average Bonchev–Trinajstić information content (AvgIpc) is 3.39. The number of fused-ring (bicyclic) bond motifs is 1. The number of amides is 2. The summed E-state index contributed by atoms with van der Waals surface area (Å²) in [5.74, 6) is 0.288. The Kier molecular flexibility index (Phi) is 5.00. The van der Waals surface area contributed by atoms with Crippen LogP contribution in [-0.2, 0) is 4.79 Å². The molecule has 2 aromatic rings. The molecule has 7 nitrogen and oxygen atoms in total. The van der Waals surface area contributed by atoms with Gasteiger partial charge in [-0.1, -0.05) is 29.3 Å². The molecule has 162 valence electrons. The van der Waals surface area contributed by atoms with Crippen molar-refractivity contribution in [3.8, 4) is 5.75 Å². The van der Waals surface area contributed by atoms with Crippen molar-refractivity contribution in [3.05, 3.63) is 57.6 Å². The Labute approximate surface area is 189 Å². The Hall–Kier alpha value is -2.48. The van der Waals surface area contributed by atoms with Crippen molar-refractivity contribution in [1.82, 2.24) is 9.80 Å². The molecular formula is C22H21Cl2N3O4. The van der Waals surface area contributed by atoms with Gasteiger partial charge in [0, 0.05) is 48.4 Å². The van der Waals surface area contributed by atoms with Gasteiger partial charge in [-0.15, -0.1) is 0 Å². The molecule has 2 aliphatic heterocycles. The van der Waals surface area contributed by atoms with Crippen LogP contribution in [0.4, 0.5) is 5.69 Å². The van der Waals surface area contributed by atoms with Gasteiger partial charge >= 0.3 is 0 Å². The number of nitrogens with one attached hydrogen (secondary N) is 1. The van der Waals surface area contributed by atoms with Crippen LogP contribution in [0, 0.1) is 0 Å². The number of rotatable bonds is 3. The summed E-state index contributed by atoms with van der Waals surface area (Å²) >= 11 is 12.5. The van der Waals surface area contributed by atoms with Gasteiger partial charge in [0.1, 0.15) is 11.4 Å². The highest BCUT2D eigenvalue weighted by Gasteiger charge is 2.50. The van der Waals surface area contributed by atoms with E-state index in [9.17, 15) is 14.7 Å². The summed E-state index contributed by atoms with van der Waals surface area (Å²) in [7, 11) is 0. The second-order valence-corrected chi connectivity index (χ2v) is 8.98. The molecular weight excluding hydrogens is 441 g/mol.